The second kappa shape index (κ2) is 16.8. The number of rotatable bonds is 20. The molecule has 0 saturated carbocycles. The molecule has 0 aromatic rings. The fourth-order valence-corrected chi connectivity index (χ4v) is 3.61. The van der Waals surface area contributed by atoms with Gasteiger partial charge in [0.05, 0.1) is 0 Å². The van der Waals surface area contributed by atoms with Crippen molar-refractivity contribution in [1.82, 2.24) is 0 Å². The molecule has 0 aliphatic heterocycles. The number of carboxylic acids is 1. The molecule has 0 radical (unpaired) electrons. The van der Waals surface area contributed by atoms with Gasteiger partial charge in [-0.1, -0.05) is 51.9 Å². The van der Waals surface area contributed by atoms with Crippen LogP contribution in [0.5, 0.6) is 0 Å². The van der Waals surface area contributed by atoms with Crippen molar-refractivity contribution in [3.63, 3.8) is 0 Å². The Morgan fingerprint density at radius 2 is 1.17 bits per heavy atom. The highest BCUT2D eigenvalue weighted by Gasteiger charge is 2.54. The molecule has 0 atom stereocenters. The van der Waals surface area contributed by atoms with Crippen molar-refractivity contribution >= 4 is 5.97 Å². The van der Waals surface area contributed by atoms with Gasteiger partial charge < -0.3 is 24.1 Å². The van der Waals surface area contributed by atoms with E-state index >= 15 is 0 Å². The van der Waals surface area contributed by atoms with Gasteiger partial charge in [-0.3, -0.25) is 0 Å². The second-order valence-corrected chi connectivity index (χ2v) is 7.05. The molecular weight excluding hydrogens is 372 g/mol. The van der Waals surface area contributed by atoms with Crippen molar-refractivity contribution < 1.29 is 28.8 Å². The minimum Gasteiger partial charge on any atom is -0.478 e. The summed E-state index contributed by atoms with van der Waals surface area (Å²) in [6, 6.07) is 0. The SMILES string of the molecule is CCCCCCCCCCC(OCC)(OCC)C(C=CC(=O)O)(OCC)OCC. The first-order valence-electron chi connectivity index (χ1n) is 11.4. The Balaban J connectivity index is 5.42. The first-order chi connectivity index (χ1) is 14.0. The summed E-state index contributed by atoms with van der Waals surface area (Å²) in [5.74, 6) is -3.68. The lowest BCUT2D eigenvalue weighted by molar-refractivity contribution is -0.390. The van der Waals surface area contributed by atoms with Crippen LogP contribution in [0.3, 0.4) is 0 Å². The third-order valence-corrected chi connectivity index (χ3v) is 4.81. The molecule has 0 aliphatic carbocycles. The lowest BCUT2D eigenvalue weighted by Crippen LogP contribution is -2.60. The predicted molar refractivity (Wildman–Crippen MR) is 116 cm³/mol. The summed E-state index contributed by atoms with van der Waals surface area (Å²) in [7, 11) is 0. The molecule has 0 rings (SSSR count). The minimum absolute atomic E-state index is 0.337. The summed E-state index contributed by atoms with van der Waals surface area (Å²) in [6.07, 6.45) is 12.5. The highest BCUT2D eigenvalue weighted by Crippen LogP contribution is 2.39. The van der Waals surface area contributed by atoms with E-state index in [1.807, 2.05) is 27.7 Å². The molecule has 0 saturated heterocycles. The van der Waals surface area contributed by atoms with Crippen LogP contribution in [0.15, 0.2) is 12.2 Å². The van der Waals surface area contributed by atoms with E-state index in [9.17, 15) is 9.90 Å². The van der Waals surface area contributed by atoms with Gasteiger partial charge >= 0.3 is 5.97 Å². The van der Waals surface area contributed by atoms with Crippen molar-refractivity contribution in [3.05, 3.63) is 12.2 Å². The second-order valence-electron chi connectivity index (χ2n) is 7.05. The van der Waals surface area contributed by atoms with E-state index in [4.69, 9.17) is 18.9 Å². The first kappa shape index (κ1) is 28.1. The van der Waals surface area contributed by atoms with Crippen molar-refractivity contribution in [2.45, 2.75) is 104 Å². The van der Waals surface area contributed by atoms with Crippen LogP contribution in [0.25, 0.3) is 0 Å². The van der Waals surface area contributed by atoms with Crippen LogP contribution < -0.4 is 0 Å². The van der Waals surface area contributed by atoms with Gasteiger partial charge in [0.2, 0.25) is 11.6 Å². The van der Waals surface area contributed by atoms with Gasteiger partial charge in [0.25, 0.3) is 0 Å². The summed E-state index contributed by atoms with van der Waals surface area (Å²) in [4.78, 5) is 11.2. The fourth-order valence-electron chi connectivity index (χ4n) is 3.61. The average molecular weight is 417 g/mol. The molecule has 6 heteroatoms. The third kappa shape index (κ3) is 10.1. The van der Waals surface area contributed by atoms with E-state index in [0.29, 0.717) is 32.8 Å². The van der Waals surface area contributed by atoms with Crippen molar-refractivity contribution in [3.8, 4) is 0 Å². The summed E-state index contributed by atoms with van der Waals surface area (Å²) in [5, 5.41) is 9.19. The van der Waals surface area contributed by atoms with Gasteiger partial charge in [0.15, 0.2) is 0 Å². The van der Waals surface area contributed by atoms with Gasteiger partial charge in [0, 0.05) is 38.9 Å². The smallest absolute Gasteiger partial charge is 0.328 e. The summed E-state index contributed by atoms with van der Waals surface area (Å²) >= 11 is 0. The molecule has 0 bridgehead atoms. The van der Waals surface area contributed by atoms with E-state index in [-0.39, 0.29) is 0 Å². The number of ether oxygens (including phenoxy) is 4. The number of hydrogen-bond donors (Lipinski definition) is 1. The predicted octanol–water partition coefficient (Wildman–Crippen LogP) is 5.70. The highest BCUT2D eigenvalue weighted by molar-refractivity contribution is 5.79. The third-order valence-electron chi connectivity index (χ3n) is 4.81. The van der Waals surface area contributed by atoms with Crippen LogP contribution in [-0.4, -0.2) is 49.1 Å². The maximum absolute atomic E-state index is 11.2. The quantitative estimate of drug-likeness (QED) is 0.156. The zero-order chi connectivity index (χ0) is 22.0. The Hall–Kier alpha value is -0.950. The molecular formula is C23H44O6. The molecule has 0 unspecified atom stereocenters. The number of hydrogen-bond acceptors (Lipinski definition) is 5. The molecule has 172 valence electrons. The molecule has 0 fully saturated rings. The van der Waals surface area contributed by atoms with Crippen molar-refractivity contribution in [1.29, 1.82) is 0 Å². The standard InChI is InChI=1S/C23H44O6/c1-6-11-12-13-14-15-16-17-19-22(26-7-2,27-8-3)23(28-9-4,29-10-5)20-18-21(24)25/h18,20H,6-17,19H2,1-5H3,(H,24,25). The van der Waals surface area contributed by atoms with Crippen molar-refractivity contribution in [2.24, 2.45) is 0 Å². The monoisotopic (exact) mass is 416 g/mol. The molecule has 0 amide bonds. The zero-order valence-electron chi connectivity index (χ0n) is 19.3. The lowest BCUT2D eigenvalue weighted by atomic mass is 9.95. The first-order valence-corrected chi connectivity index (χ1v) is 11.4. The number of carbonyl (C=O) groups is 1. The molecule has 0 spiro atoms. The summed E-state index contributed by atoms with van der Waals surface area (Å²) in [6.45, 7) is 11.2. The Labute approximate surface area is 177 Å². The Bertz CT molecular complexity index is 423. The zero-order valence-corrected chi connectivity index (χ0v) is 19.3. The van der Waals surface area contributed by atoms with Crippen LogP contribution in [0, 0.1) is 0 Å². The molecule has 0 aromatic heterocycles. The molecule has 29 heavy (non-hydrogen) atoms. The molecule has 0 heterocycles. The minimum atomic E-state index is -1.41. The van der Waals surface area contributed by atoms with E-state index in [1.165, 1.54) is 44.6 Å². The van der Waals surface area contributed by atoms with Gasteiger partial charge in [0.1, 0.15) is 0 Å². The van der Waals surface area contributed by atoms with Crippen molar-refractivity contribution in [2.75, 3.05) is 26.4 Å². The molecule has 0 aliphatic rings. The topological polar surface area (TPSA) is 74.2 Å². The maximum atomic E-state index is 11.2. The number of aliphatic carboxylic acids is 1. The summed E-state index contributed by atoms with van der Waals surface area (Å²) in [5.41, 5.74) is 0. The van der Waals surface area contributed by atoms with E-state index in [2.05, 4.69) is 6.92 Å². The van der Waals surface area contributed by atoms with Crippen LogP contribution in [0.4, 0.5) is 0 Å². The number of unbranched alkanes of at least 4 members (excludes halogenated alkanes) is 7. The van der Waals surface area contributed by atoms with E-state index < -0.39 is 17.5 Å². The Morgan fingerprint density at radius 3 is 1.59 bits per heavy atom. The van der Waals surface area contributed by atoms with Crippen LogP contribution in [0.2, 0.25) is 0 Å². The number of carboxylic acid groups (broad SMARTS) is 1. The van der Waals surface area contributed by atoms with Gasteiger partial charge in [-0.05, 0) is 40.2 Å². The molecule has 0 aromatic carbocycles. The maximum Gasteiger partial charge on any atom is 0.328 e. The molecule has 1 N–H and O–H groups in total. The van der Waals surface area contributed by atoms with Crippen LogP contribution in [-0.2, 0) is 23.7 Å². The Morgan fingerprint density at radius 1 is 0.724 bits per heavy atom. The molecule has 6 nitrogen and oxygen atoms in total. The van der Waals surface area contributed by atoms with E-state index in [0.717, 1.165) is 18.9 Å². The highest BCUT2D eigenvalue weighted by atomic mass is 16.8. The van der Waals surface area contributed by atoms with Crippen LogP contribution >= 0.6 is 0 Å². The average Bonchev–Trinajstić information content (AvgIpc) is 2.68. The summed E-state index contributed by atoms with van der Waals surface area (Å²) < 4.78 is 24.2. The van der Waals surface area contributed by atoms with Crippen LogP contribution in [0.1, 0.15) is 92.4 Å². The Kier molecular flexibility index (Phi) is 16.3. The van der Waals surface area contributed by atoms with E-state index in [1.54, 1.807) is 0 Å². The fraction of sp³-hybridized carbons (Fsp3) is 0.870. The largest absolute Gasteiger partial charge is 0.478 e. The normalized spacial score (nSPS) is 12.7. The van der Waals surface area contributed by atoms with Gasteiger partial charge in [-0.25, -0.2) is 4.79 Å². The van der Waals surface area contributed by atoms with Gasteiger partial charge in [-0.15, -0.1) is 0 Å². The van der Waals surface area contributed by atoms with Gasteiger partial charge in [-0.2, -0.15) is 0 Å². The lowest BCUT2D eigenvalue weighted by Gasteiger charge is -2.46.